The van der Waals surface area contributed by atoms with E-state index in [4.69, 9.17) is 4.74 Å². The topological polar surface area (TPSA) is 75.7 Å². The number of nitrogens with one attached hydrogen (secondary N) is 1. The Kier molecular flexibility index (Phi) is 4.84. The van der Waals surface area contributed by atoms with E-state index < -0.39 is 9.84 Å². The molecule has 0 spiro atoms. The molecule has 1 aliphatic heterocycles. The van der Waals surface area contributed by atoms with Crippen molar-refractivity contribution in [3.05, 3.63) is 24.3 Å². The number of benzene rings is 1. The van der Waals surface area contributed by atoms with Gasteiger partial charge < -0.3 is 15.0 Å². The van der Waals surface area contributed by atoms with Crippen molar-refractivity contribution in [3.63, 3.8) is 0 Å². The Morgan fingerprint density at radius 1 is 1.43 bits per heavy atom. The van der Waals surface area contributed by atoms with E-state index in [0.717, 1.165) is 12.7 Å². The highest BCUT2D eigenvalue weighted by Crippen LogP contribution is 2.21. The van der Waals surface area contributed by atoms with E-state index in [-0.39, 0.29) is 17.0 Å². The molecule has 1 saturated heterocycles. The van der Waals surface area contributed by atoms with Crippen LogP contribution in [0, 0.1) is 0 Å². The number of hydrogen-bond acceptors (Lipinski definition) is 4. The second-order valence-electron chi connectivity index (χ2n) is 5.05. The summed E-state index contributed by atoms with van der Waals surface area (Å²) < 4.78 is 29.0. The van der Waals surface area contributed by atoms with E-state index in [1.807, 2.05) is 6.92 Å². The molecule has 21 heavy (non-hydrogen) atoms. The first-order valence-electron chi connectivity index (χ1n) is 6.88. The summed E-state index contributed by atoms with van der Waals surface area (Å²) in [7, 11) is -3.38. The lowest BCUT2D eigenvalue weighted by Crippen LogP contribution is -2.47. The number of rotatable bonds is 3. The Labute approximate surface area is 125 Å². The van der Waals surface area contributed by atoms with Gasteiger partial charge in [0.2, 0.25) is 0 Å². The van der Waals surface area contributed by atoms with Crippen LogP contribution in [0.2, 0.25) is 0 Å². The monoisotopic (exact) mass is 312 g/mol. The van der Waals surface area contributed by atoms with Gasteiger partial charge in [0.05, 0.1) is 23.3 Å². The number of morpholine rings is 1. The lowest BCUT2D eigenvalue weighted by Gasteiger charge is -2.32. The normalized spacial score (nSPS) is 19.3. The first-order chi connectivity index (χ1) is 9.91. The van der Waals surface area contributed by atoms with E-state index in [9.17, 15) is 13.2 Å². The average molecular weight is 312 g/mol. The van der Waals surface area contributed by atoms with Crippen molar-refractivity contribution in [3.8, 4) is 0 Å². The summed E-state index contributed by atoms with van der Waals surface area (Å²) in [6.45, 7) is 3.53. The van der Waals surface area contributed by atoms with Gasteiger partial charge in [0, 0.05) is 19.3 Å². The number of urea groups is 1. The second kappa shape index (κ2) is 6.44. The van der Waals surface area contributed by atoms with E-state index in [2.05, 4.69) is 5.32 Å². The maximum absolute atomic E-state index is 12.3. The minimum atomic E-state index is -3.38. The van der Waals surface area contributed by atoms with Gasteiger partial charge in [-0.15, -0.1) is 0 Å². The van der Waals surface area contributed by atoms with Crippen LogP contribution in [0.3, 0.4) is 0 Å². The maximum atomic E-state index is 12.3. The zero-order valence-electron chi connectivity index (χ0n) is 12.2. The van der Waals surface area contributed by atoms with Crippen molar-refractivity contribution in [2.45, 2.75) is 24.3 Å². The van der Waals surface area contributed by atoms with Crippen molar-refractivity contribution in [1.82, 2.24) is 4.90 Å². The van der Waals surface area contributed by atoms with E-state index >= 15 is 0 Å². The van der Waals surface area contributed by atoms with Crippen molar-refractivity contribution in [2.24, 2.45) is 0 Å². The van der Waals surface area contributed by atoms with Gasteiger partial charge in [0.1, 0.15) is 0 Å². The lowest BCUT2D eigenvalue weighted by atomic mass is 10.2. The summed E-state index contributed by atoms with van der Waals surface area (Å²) >= 11 is 0. The molecule has 0 bridgehead atoms. The summed E-state index contributed by atoms with van der Waals surface area (Å²) in [5.41, 5.74) is 0.310. The number of carbonyl (C=O) groups excluding carboxylic acids is 1. The molecule has 1 unspecified atom stereocenters. The van der Waals surface area contributed by atoms with Crippen molar-refractivity contribution in [1.29, 1.82) is 0 Å². The van der Waals surface area contributed by atoms with Crippen LogP contribution in [0.4, 0.5) is 10.5 Å². The molecule has 116 valence electrons. The van der Waals surface area contributed by atoms with Gasteiger partial charge in [-0.05, 0) is 18.6 Å². The summed E-state index contributed by atoms with van der Waals surface area (Å²) in [6.07, 6.45) is 2.00. The van der Waals surface area contributed by atoms with Gasteiger partial charge in [0.15, 0.2) is 9.84 Å². The maximum Gasteiger partial charge on any atom is 0.322 e. The fourth-order valence-corrected chi connectivity index (χ4v) is 3.08. The Morgan fingerprint density at radius 2 is 2.14 bits per heavy atom. The van der Waals surface area contributed by atoms with Gasteiger partial charge in [-0.25, -0.2) is 13.2 Å². The number of para-hydroxylation sites is 1. The average Bonchev–Trinajstić information content (AvgIpc) is 2.46. The molecule has 1 atom stereocenters. The van der Waals surface area contributed by atoms with Gasteiger partial charge >= 0.3 is 6.03 Å². The van der Waals surface area contributed by atoms with Crippen LogP contribution in [-0.4, -0.2) is 51.4 Å². The van der Waals surface area contributed by atoms with Crippen LogP contribution in [0.1, 0.15) is 13.3 Å². The fourth-order valence-electron chi connectivity index (χ4n) is 2.24. The first kappa shape index (κ1) is 15.8. The fraction of sp³-hybridized carbons (Fsp3) is 0.500. The van der Waals surface area contributed by atoms with Crippen LogP contribution in [0.5, 0.6) is 0 Å². The van der Waals surface area contributed by atoms with Crippen molar-refractivity contribution in [2.75, 3.05) is 31.3 Å². The summed E-state index contributed by atoms with van der Waals surface area (Å²) in [6, 6.07) is 6.10. The number of nitrogens with zero attached hydrogens (tertiary/aromatic N) is 1. The van der Waals surface area contributed by atoms with Crippen LogP contribution < -0.4 is 5.32 Å². The Bertz CT molecular complexity index is 615. The van der Waals surface area contributed by atoms with Crippen LogP contribution in [0.15, 0.2) is 29.2 Å². The Balaban J connectivity index is 2.13. The zero-order valence-corrected chi connectivity index (χ0v) is 13.0. The van der Waals surface area contributed by atoms with Gasteiger partial charge in [-0.1, -0.05) is 19.1 Å². The minimum absolute atomic E-state index is 0.0367. The number of hydrogen-bond donors (Lipinski definition) is 1. The molecule has 0 radical (unpaired) electrons. The van der Waals surface area contributed by atoms with Gasteiger partial charge in [-0.2, -0.15) is 0 Å². The molecule has 0 saturated carbocycles. The lowest BCUT2D eigenvalue weighted by molar-refractivity contribution is -0.0134. The van der Waals surface area contributed by atoms with Gasteiger partial charge in [-0.3, -0.25) is 0 Å². The molecule has 0 aromatic heterocycles. The molecule has 2 amide bonds. The summed E-state index contributed by atoms with van der Waals surface area (Å²) in [5.74, 6) is 0. The summed E-state index contributed by atoms with van der Waals surface area (Å²) in [4.78, 5) is 14.0. The molecule has 2 rings (SSSR count). The molecule has 7 heteroatoms. The van der Waals surface area contributed by atoms with Crippen LogP contribution >= 0.6 is 0 Å². The minimum Gasteiger partial charge on any atom is -0.375 e. The molecule has 1 aromatic carbocycles. The third kappa shape index (κ3) is 3.95. The van der Waals surface area contributed by atoms with Crippen LogP contribution in [0.25, 0.3) is 0 Å². The molecule has 6 nitrogen and oxygen atoms in total. The van der Waals surface area contributed by atoms with E-state index in [1.165, 1.54) is 6.07 Å². The SMILES string of the molecule is CCC1CN(C(=O)Nc2ccccc2S(C)(=O)=O)CCO1. The highest BCUT2D eigenvalue weighted by atomic mass is 32.2. The number of ether oxygens (including phenoxy) is 1. The second-order valence-corrected chi connectivity index (χ2v) is 7.03. The predicted molar refractivity (Wildman–Crippen MR) is 80.2 cm³/mol. The molecule has 0 aliphatic carbocycles. The first-order valence-corrected chi connectivity index (χ1v) is 8.77. The highest BCUT2D eigenvalue weighted by Gasteiger charge is 2.24. The number of sulfone groups is 1. The van der Waals surface area contributed by atoms with Gasteiger partial charge in [0.25, 0.3) is 0 Å². The predicted octanol–water partition coefficient (Wildman–Crippen LogP) is 1.73. The number of anilines is 1. The van der Waals surface area contributed by atoms with Crippen molar-refractivity contribution >= 4 is 21.6 Å². The molecule has 1 aromatic rings. The zero-order chi connectivity index (χ0) is 15.5. The molecular formula is C14H20N2O4S. The van der Waals surface area contributed by atoms with Crippen molar-refractivity contribution < 1.29 is 17.9 Å². The smallest absolute Gasteiger partial charge is 0.322 e. The molecule has 1 N–H and O–H groups in total. The summed E-state index contributed by atoms with van der Waals surface area (Å²) in [5, 5.41) is 2.68. The number of amides is 2. The third-order valence-corrected chi connectivity index (χ3v) is 4.56. The third-order valence-electron chi connectivity index (χ3n) is 3.41. The van der Waals surface area contributed by atoms with Crippen LogP contribution in [-0.2, 0) is 14.6 Å². The highest BCUT2D eigenvalue weighted by molar-refractivity contribution is 7.90. The standard InChI is InChI=1S/C14H20N2O4S/c1-3-11-10-16(8-9-20-11)14(17)15-12-6-4-5-7-13(12)21(2,18)19/h4-7,11H,3,8-10H2,1-2H3,(H,15,17). The Morgan fingerprint density at radius 3 is 2.81 bits per heavy atom. The molecular weight excluding hydrogens is 292 g/mol. The molecule has 1 heterocycles. The quantitative estimate of drug-likeness (QED) is 0.922. The molecule has 1 fully saturated rings. The molecule has 1 aliphatic rings. The van der Waals surface area contributed by atoms with E-state index in [1.54, 1.807) is 23.1 Å². The van der Waals surface area contributed by atoms with E-state index in [0.29, 0.717) is 25.4 Å². The Hall–Kier alpha value is -1.60. The number of carbonyl (C=O) groups is 1. The largest absolute Gasteiger partial charge is 0.375 e.